The predicted molar refractivity (Wildman–Crippen MR) is 176 cm³/mol. The summed E-state index contributed by atoms with van der Waals surface area (Å²) in [4.78, 5) is 5.06. The van der Waals surface area contributed by atoms with Crippen LogP contribution in [0.3, 0.4) is 0 Å². The SMILES string of the molecule is Cc1ccc(S(=O)(=O)N2CCC[C@@H](C)N(CC3CCCCC3)CCCN(S(=O)(=O)c3ccc(N(C)C)cc3)CCC2)cc1. The highest BCUT2D eigenvalue weighted by Crippen LogP contribution is 2.27. The molecule has 2 aliphatic rings. The third kappa shape index (κ3) is 9.03. The van der Waals surface area contributed by atoms with E-state index in [0.29, 0.717) is 36.4 Å². The van der Waals surface area contributed by atoms with Crippen molar-refractivity contribution in [3.8, 4) is 0 Å². The summed E-state index contributed by atoms with van der Waals surface area (Å²) in [7, 11) is -3.58. The van der Waals surface area contributed by atoms with E-state index in [2.05, 4.69) is 11.8 Å². The molecule has 0 amide bonds. The average Bonchev–Trinajstić information content (AvgIpc) is 3.00. The maximum Gasteiger partial charge on any atom is 0.243 e. The van der Waals surface area contributed by atoms with Gasteiger partial charge in [0.1, 0.15) is 0 Å². The molecule has 0 spiro atoms. The third-order valence-electron chi connectivity index (χ3n) is 9.19. The Morgan fingerprint density at radius 1 is 0.651 bits per heavy atom. The van der Waals surface area contributed by atoms with E-state index in [9.17, 15) is 16.8 Å². The molecule has 2 fully saturated rings. The average molecular weight is 633 g/mol. The number of rotatable bonds is 7. The number of nitrogens with zero attached hydrogens (tertiary/aromatic N) is 4. The maximum atomic E-state index is 13.9. The van der Waals surface area contributed by atoms with Gasteiger partial charge in [0.05, 0.1) is 9.79 Å². The van der Waals surface area contributed by atoms with Crippen molar-refractivity contribution < 1.29 is 16.8 Å². The van der Waals surface area contributed by atoms with Crippen LogP contribution < -0.4 is 4.90 Å². The summed E-state index contributed by atoms with van der Waals surface area (Å²) in [6.45, 7) is 7.46. The van der Waals surface area contributed by atoms with Gasteiger partial charge in [-0.05, 0) is 101 Å². The molecule has 43 heavy (non-hydrogen) atoms. The topological polar surface area (TPSA) is 81.2 Å². The van der Waals surface area contributed by atoms with Crippen molar-refractivity contribution in [3.05, 3.63) is 54.1 Å². The Morgan fingerprint density at radius 3 is 1.67 bits per heavy atom. The molecule has 0 unspecified atom stereocenters. The number of hydrogen-bond acceptors (Lipinski definition) is 6. The van der Waals surface area contributed by atoms with Crippen LogP contribution in [0, 0.1) is 12.8 Å². The summed E-state index contributed by atoms with van der Waals surface area (Å²) in [5.74, 6) is 0.681. The van der Waals surface area contributed by atoms with E-state index in [1.54, 1.807) is 32.9 Å². The first-order chi connectivity index (χ1) is 20.5. The zero-order valence-corrected chi connectivity index (χ0v) is 28.3. The highest BCUT2D eigenvalue weighted by Gasteiger charge is 2.29. The molecule has 1 heterocycles. The number of sulfonamides is 2. The van der Waals surface area contributed by atoms with Gasteiger partial charge in [-0.15, -0.1) is 0 Å². The van der Waals surface area contributed by atoms with Gasteiger partial charge in [0.2, 0.25) is 20.0 Å². The first kappa shape index (κ1) is 33.9. The zero-order chi connectivity index (χ0) is 31.0. The van der Waals surface area contributed by atoms with Gasteiger partial charge in [-0.25, -0.2) is 16.8 Å². The third-order valence-corrected chi connectivity index (χ3v) is 13.0. The summed E-state index contributed by atoms with van der Waals surface area (Å²) in [5, 5.41) is 0. The van der Waals surface area contributed by atoms with E-state index < -0.39 is 20.0 Å². The van der Waals surface area contributed by atoms with Crippen molar-refractivity contribution in [2.24, 2.45) is 5.92 Å². The lowest BCUT2D eigenvalue weighted by Gasteiger charge is -2.34. The fourth-order valence-corrected chi connectivity index (χ4v) is 9.48. The smallest absolute Gasteiger partial charge is 0.243 e. The molecule has 8 nitrogen and oxygen atoms in total. The molecule has 240 valence electrons. The predicted octanol–water partition coefficient (Wildman–Crippen LogP) is 5.59. The van der Waals surface area contributed by atoms with E-state index in [-0.39, 0.29) is 18.0 Å². The first-order valence-corrected chi connectivity index (χ1v) is 18.9. The highest BCUT2D eigenvalue weighted by atomic mass is 32.2. The van der Waals surface area contributed by atoms with Gasteiger partial charge >= 0.3 is 0 Å². The van der Waals surface area contributed by atoms with E-state index in [4.69, 9.17) is 0 Å². The van der Waals surface area contributed by atoms with Crippen LogP contribution in [0.2, 0.25) is 0 Å². The van der Waals surface area contributed by atoms with Crippen LogP contribution in [0.15, 0.2) is 58.3 Å². The van der Waals surface area contributed by atoms with Crippen molar-refractivity contribution in [3.63, 3.8) is 0 Å². The Bertz CT molecular complexity index is 1360. The van der Waals surface area contributed by atoms with Gasteiger partial charge in [0, 0.05) is 58.5 Å². The molecule has 1 saturated carbocycles. The van der Waals surface area contributed by atoms with Crippen molar-refractivity contribution in [1.29, 1.82) is 0 Å². The van der Waals surface area contributed by atoms with Crippen LogP contribution >= 0.6 is 0 Å². The molecule has 0 radical (unpaired) electrons. The van der Waals surface area contributed by atoms with Gasteiger partial charge in [-0.1, -0.05) is 37.0 Å². The fraction of sp³-hybridized carbons (Fsp3) is 0.636. The molecule has 0 N–H and O–H groups in total. The summed E-state index contributed by atoms with van der Waals surface area (Å²) in [6, 6.07) is 14.3. The van der Waals surface area contributed by atoms with E-state index in [1.807, 2.05) is 50.2 Å². The lowest BCUT2D eigenvalue weighted by atomic mass is 9.88. The Hall–Kier alpha value is -1.98. The van der Waals surface area contributed by atoms with Gasteiger partial charge in [0.25, 0.3) is 0 Å². The Balaban J connectivity index is 1.59. The molecular weight excluding hydrogens is 581 g/mol. The number of benzene rings is 2. The normalized spacial score (nSPS) is 21.9. The van der Waals surface area contributed by atoms with E-state index in [0.717, 1.165) is 43.6 Å². The minimum absolute atomic E-state index is 0.274. The number of aryl methyl sites for hydroxylation is 1. The Kier molecular flexibility index (Phi) is 12.1. The van der Waals surface area contributed by atoms with Crippen LogP contribution in [0.5, 0.6) is 0 Å². The quantitative estimate of drug-likeness (QED) is 0.396. The van der Waals surface area contributed by atoms with Crippen molar-refractivity contribution in [1.82, 2.24) is 13.5 Å². The number of hydrogen-bond donors (Lipinski definition) is 0. The molecule has 0 bridgehead atoms. The minimum Gasteiger partial charge on any atom is -0.378 e. The minimum atomic E-state index is -3.74. The lowest BCUT2D eigenvalue weighted by Crippen LogP contribution is -2.40. The maximum absolute atomic E-state index is 13.9. The monoisotopic (exact) mass is 632 g/mol. The van der Waals surface area contributed by atoms with Crippen LogP contribution in [-0.2, 0) is 20.0 Å². The van der Waals surface area contributed by atoms with Crippen LogP contribution in [0.25, 0.3) is 0 Å². The molecule has 2 aromatic carbocycles. The second-order valence-corrected chi connectivity index (χ2v) is 16.6. The molecule has 10 heteroatoms. The van der Waals surface area contributed by atoms with Gasteiger partial charge in [-0.2, -0.15) is 8.61 Å². The summed E-state index contributed by atoms with van der Waals surface area (Å²) in [5.41, 5.74) is 1.95. The Labute approximate surface area is 261 Å². The van der Waals surface area contributed by atoms with Crippen LogP contribution in [0.1, 0.15) is 70.3 Å². The molecule has 4 rings (SSSR count). The van der Waals surface area contributed by atoms with E-state index in [1.165, 1.54) is 32.1 Å². The molecular formula is C33H52N4O4S2. The van der Waals surface area contributed by atoms with Gasteiger partial charge in [-0.3, -0.25) is 0 Å². The fourth-order valence-electron chi connectivity index (χ4n) is 6.44. The largest absolute Gasteiger partial charge is 0.378 e. The van der Waals surface area contributed by atoms with Crippen LogP contribution in [-0.4, -0.2) is 89.8 Å². The standard InChI is InChI=1S/C33H52N4O4S2/c1-28-14-18-32(19-15-28)42(38,39)36-23-8-11-29(2)35(27-30-12-6-5-7-13-30)22-9-24-37(26-10-25-36)43(40,41)33-20-16-31(17-21-33)34(3)4/h14-21,29-30H,5-13,22-27H2,1-4H3/t29-/m1/s1. The van der Waals surface area contributed by atoms with E-state index >= 15 is 0 Å². The van der Waals surface area contributed by atoms with Crippen molar-refractivity contribution in [2.75, 3.05) is 58.3 Å². The van der Waals surface area contributed by atoms with Crippen molar-refractivity contribution in [2.45, 2.75) is 87.5 Å². The van der Waals surface area contributed by atoms with Gasteiger partial charge < -0.3 is 9.80 Å². The highest BCUT2D eigenvalue weighted by molar-refractivity contribution is 7.89. The second-order valence-electron chi connectivity index (χ2n) is 12.7. The molecule has 0 aromatic heterocycles. The van der Waals surface area contributed by atoms with Gasteiger partial charge in [0.15, 0.2) is 0 Å². The molecule has 2 aromatic rings. The van der Waals surface area contributed by atoms with Crippen LogP contribution in [0.4, 0.5) is 5.69 Å². The Morgan fingerprint density at radius 2 is 1.14 bits per heavy atom. The summed E-state index contributed by atoms with van der Waals surface area (Å²) >= 11 is 0. The van der Waals surface area contributed by atoms with Crippen molar-refractivity contribution >= 4 is 25.7 Å². The molecule has 1 aliphatic carbocycles. The molecule has 1 saturated heterocycles. The molecule has 1 atom stereocenters. The second kappa shape index (κ2) is 15.3. The zero-order valence-electron chi connectivity index (χ0n) is 26.6. The summed E-state index contributed by atoms with van der Waals surface area (Å²) in [6.07, 6.45) is 9.28. The lowest BCUT2D eigenvalue weighted by molar-refractivity contribution is 0.145. The molecule has 1 aliphatic heterocycles. The number of anilines is 1. The first-order valence-electron chi connectivity index (χ1n) is 16.1. The summed E-state index contributed by atoms with van der Waals surface area (Å²) < 4.78 is 58.5.